The summed E-state index contributed by atoms with van der Waals surface area (Å²) in [7, 11) is 0. The van der Waals surface area contributed by atoms with Gasteiger partial charge in [-0.1, -0.05) is 36.7 Å². The van der Waals surface area contributed by atoms with E-state index in [0.717, 1.165) is 19.5 Å². The molecule has 1 fully saturated rings. The number of carbonyl (C=O) groups is 1. The molecule has 2 atom stereocenters. The number of alkyl halides is 1. The highest BCUT2D eigenvalue weighted by Gasteiger charge is 2.27. The Morgan fingerprint density at radius 3 is 2.64 bits per heavy atom. The van der Waals surface area contributed by atoms with Gasteiger partial charge in [0.25, 0.3) is 0 Å². The minimum atomic E-state index is -0.00667. The molecule has 1 aliphatic rings. The molecule has 0 aliphatic carbocycles. The molecule has 1 amide bonds. The van der Waals surface area contributed by atoms with Crippen LogP contribution in [0.15, 0.2) is 0 Å². The molecule has 0 aromatic heterocycles. The summed E-state index contributed by atoms with van der Waals surface area (Å²) in [4.78, 5) is 14.0. The smallest absolute Gasteiger partial charge is 0.236 e. The third kappa shape index (κ3) is 2.97. The lowest BCUT2D eigenvalue weighted by atomic mass is 9.99. The van der Waals surface area contributed by atoms with Crippen molar-refractivity contribution in [2.75, 3.05) is 13.1 Å². The normalized spacial score (nSPS) is 25.2. The van der Waals surface area contributed by atoms with Crippen molar-refractivity contribution >= 4 is 21.8 Å². The molecule has 0 N–H and O–H groups in total. The summed E-state index contributed by atoms with van der Waals surface area (Å²) >= 11 is 3.47. The van der Waals surface area contributed by atoms with Gasteiger partial charge in [-0.15, -0.1) is 0 Å². The van der Waals surface area contributed by atoms with E-state index in [0.29, 0.717) is 11.8 Å². The van der Waals surface area contributed by atoms with Gasteiger partial charge in [0.15, 0.2) is 0 Å². The summed E-state index contributed by atoms with van der Waals surface area (Å²) in [5, 5.41) is 0. The van der Waals surface area contributed by atoms with Crippen molar-refractivity contribution in [3.05, 3.63) is 0 Å². The highest BCUT2D eigenvalue weighted by Crippen LogP contribution is 2.20. The first-order valence-electron chi connectivity index (χ1n) is 5.45. The SMILES string of the molecule is CC(C)[C@H](Br)C(=O)N1CCC[C@H](C)C1. The molecular weight excluding hydrogens is 242 g/mol. The zero-order valence-corrected chi connectivity index (χ0v) is 10.9. The molecule has 1 saturated heterocycles. The summed E-state index contributed by atoms with van der Waals surface area (Å²) < 4.78 is 0. The molecule has 0 radical (unpaired) electrons. The van der Waals surface area contributed by atoms with E-state index in [4.69, 9.17) is 0 Å². The molecule has 1 rings (SSSR count). The van der Waals surface area contributed by atoms with Crippen molar-refractivity contribution < 1.29 is 4.79 Å². The fourth-order valence-electron chi connectivity index (χ4n) is 1.85. The second kappa shape index (κ2) is 5.15. The van der Waals surface area contributed by atoms with Crippen molar-refractivity contribution in [3.63, 3.8) is 0 Å². The van der Waals surface area contributed by atoms with Gasteiger partial charge >= 0.3 is 0 Å². The Morgan fingerprint density at radius 2 is 2.14 bits per heavy atom. The maximum Gasteiger partial charge on any atom is 0.236 e. The van der Waals surface area contributed by atoms with Crippen LogP contribution < -0.4 is 0 Å². The number of hydrogen-bond donors (Lipinski definition) is 0. The highest BCUT2D eigenvalue weighted by molar-refractivity contribution is 9.10. The molecule has 0 unspecified atom stereocenters. The minimum absolute atomic E-state index is 0.00667. The molecule has 3 heteroatoms. The van der Waals surface area contributed by atoms with Gasteiger partial charge in [0.05, 0.1) is 4.83 Å². The van der Waals surface area contributed by atoms with E-state index >= 15 is 0 Å². The van der Waals surface area contributed by atoms with Crippen molar-refractivity contribution in [2.24, 2.45) is 11.8 Å². The van der Waals surface area contributed by atoms with E-state index in [1.165, 1.54) is 6.42 Å². The fourth-order valence-corrected chi connectivity index (χ4v) is 2.14. The van der Waals surface area contributed by atoms with Gasteiger partial charge in [-0.05, 0) is 24.7 Å². The summed E-state index contributed by atoms with van der Waals surface area (Å²) in [6, 6.07) is 0. The van der Waals surface area contributed by atoms with Crippen LogP contribution in [0.2, 0.25) is 0 Å². The van der Waals surface area contributed by atoms with Crippen molar-refractivity contribution in [2.45, 2.75) is 38.4 Å². The quantitative estimate of drug-likeness (QED) is 0.700. The van der Waals surface area contributed by atoms with Crippen LogP contribution >= 0.6 is 15.9 Å². The van der Waals surface area contributed by atoms with Crippen LogP contribution in [0.5, 0.6) is 0 Å². The molecular formula is C11H20BrNO. The number of halogens is 1. The van der Waals surface area contributed by atoms with Gasteiger partial charge < -0.3 is 4.90 Å². The first-order valence-corrected chi connectivity index (χ1v) is 6.36. The fraction of sp³-hybridized carbons (Fsp3) is 0.909. The Bertz CT molecular complexity index is 205. The first kappa shape index (κ1) is 12.0. The molecule has 0 aromatic carbocycles. The van der Waals surface area contributed by atoms with Gasteiger partial charge in [0.2, 0.25) is 5.91 Å². The number of piperidine rings is 1. The van der Waals surface area contributed by atoms with Gasteiger partial charge in [-0.2, -0.15) is 0 Å². The van der Waals surface area contributed by atoms with Gasteiger partial charge in [0, 0.05) is 13.1 Å². The summed E-state index contributed by atoms with van der Waals surface area (Å²) in [5.41, 5.74) is 0. The monoisotopic (exact) mass is 261 g/mol. The molecule has 0 bridgehead atoms. The second-order valence-corrected chi connectivity index (χ2v) is 5.66. The van der Waals surface area contributed by atoms with Crippen LogP contribution in [-0.4, -0.2) is 28.7 Å². The maximum atomic E-state index is 12.0. The average molecular weight is 262 g/mol. The van der Waals surface area contributed by atoms with E-state index in [2.05, 4.69) is 36.7 Å². The Hall–Kier alpha value is -0.0500. The topological polar surface area (TPSA) is 20.3 Å². The van der Waals surface area contributed by atoms with Crippen LogP contribution in [0, 0.1) is 11.8 Å². The van der Waals surface area contributed by atoms with Crippen molar-refractivity contribution in [3.8, 4) is 0 Å². The van der Waals surface area contributed by atoms with E-state index in [1.807, 2.05) is 4.90 Å². The molecule has 0 saturated carbocycles. The minimum Gasteiger partial charge on any atom is -0.341 e. The molecule has 2 nitrogen and oxygen atoms in total. The Kier molecular flexibility index (Phi) is 4.42. The van der Waals surface area contributed by atoms with E-state index < -0.39 is 0 Å². The number of amides is 1. The zero-order chi connectivity index (χ0) is 10.7. The number of likely N-dealkylation sites (tertiary alicyclic amines) is 1. The second-order valence-electron chi connectivity index (χ2n) is 4.68. The Labute approximate surface area is 95.2 Å². The number of rotatable bonds is 2. The molecule has 0 aromatic rings. The predicted octanol–water partition coefficient (Wildman–Crippen LogP) is 2.66. The number of carbonyl (C=O) groups excluding carboxylic acids is 1. The maximum absolute atomic E-state index is 12.0. The number of hydrogen-bond acceptors (Lipinski definition) is 1. The van der Waals surface area contributed by atoms with Crippen LogP contribution in [-0.2, 0) is 4.79 Å². The molecule has 82 valence electrons. The van der Waals surface area contributed by atoms with E-state index in [-0.39, 0.29) is 10.7 Å². The third-order valence-electron chi connectivity index (χ3n) is 2.79. The van der Waals surface area contributed by atoms with Crippen molar-refractivity contribution in [1.29, 1.82) is 0 Å². The average Bonchev–Trinajstić information content (AvgIpc) is 2.15. The van der Waals surface area contributed by atoms with Crippen LogP contribution in [0.4, 0.5) is 0 Å². The van der Waals surface area contributed by atoms with Gasteiger partial charge in [-0.3, -0.25) is 4.79 Å². The zero-order valence-electron chi connectivity index (χ0n) is 9.29. The standard InChI is InChI=1S/C11H20BrNO/c1-8(2)10(12)11(14)13-6-4-5-9(3)7-13/h8-10H,4-7H2,1-3H3/t9-,10-/m0/s1. The number of nitrogens with zero attached hydrogens (tertiary/aromatic N) is 1. The lowest BCUT2D eigenvalue weighted by Gasteiger charge is -2.33. The first-order chi connectivity index (χ1) is 6.52. The molecule has 0 spiro atoms. The third-order valence-corrected chi connectivity index (χ3v) is 4.24. The summed E-state index contributed by atoms with van der Waals surface area (Å²) in [6.45, 7) is 8.25. The molecule has 1 heterocycles. The Balaban J connectivity index is 2.51. The lowest BCUT2D eigenvalue weighted by molar-refractivity contribution is -0.132. The summed E-state index contributed by atoms with van der Waals surface area (Å²) in [5.74, 6) is 1.31. The lowest BCUT2D eigenvalue weighted by Crippen LogP contribution is -2.44. The van der Waals surface area contributed by atoms with Gasteiger partial charge in [-0.25, -0.2) is 0 Å². The Morgan fingerprint density at radius 1 is 1.50 bits per heavy atom. The van der Waals surface area contributed by atoms with Crippen LogP contribution in [0.1, 0.15) is 33.6 Å². The van der Waals surface area contributed by atoms with Crippen LogP contribution in [0.3, 0.4) is 0 Å². The van der Waals surface area contributed by atoms with Gasteiger partial charge in [0.1, 0.15) is 0 Å². The highest BCUT2D eigenvalue weighted by atomic mass is 79.9. The van der Waals surface area contributed by atoms with Crippen LogP contribution in [0.25, 0.3) is 0 Å². The van der Waals surface area contributed by atoms with E-state index in [1.54, 1.807) is 0 Å². The summed E-state index contributed by atoms with van der Waals surface area (Å²) in [6.07, 6.45) is 2.42. The van der Waals surface area contributed by atoms with Crippen molar-refractivity contribution in [1.82, 2.24) is 4.90 Å². The molecule has 1 aliphatic heterocycles. The van der Waals surface area contributed by atoms with E-state index in [9.17, 15) is 4.79 Å². The predicted molar refractivity (Wildman–Crippen MR) is 62.5 cm³/mol. The molecule has 14 heavy (non-hydrogen) atoms. The largest absolute Gasteiger partial charge is 0.341 e.